The van der Waals surface area contributed by atoms with Gasteiger partial charge < -0.3 is 15.1 Å². The fraction of sp³-hybridized carbons (Fsp3) is 0.429. The van der Waals surface area contributed by atoms with Crippen LogP contribution in [-0.2, 0) is 0 Å². The Labute approximate surface area is 109 Å². The number of hydrogen-bond donors (Lipinski definition) is 3. The van der Waals surface area contributed by atoms with E-state index < -0.39 is 17.2 Å². The minimum atomic E-state index is -0.672. The van der Waals surface area contributed by atoms with Gasteiger partial charge in [0.2, 0.25) is 0 Å². The number of aliphatic hydroxyl groups is 1. The molecule has 100 valence electrons. The van der Waals surface area contributed by atoms with Crippen LogP contribution in [0.15, 0.2) is 27.8 Å². The van der Waals surface area contributed by atoms with Crippen molar-refractivity contribution in [3.63, 3.8) is 0 Å². The van der Waals surface area contributed by atoms with E-state index in [-0.39, 0.29) is 5.92 Å². The van der Waals surface area contributed by atoms with Gasteiger partial charge in [-0.15, -0.1) is 0 Å². The molecule has 0 amide bonds. The Morgan fingerprint density at radius 3 is 2.42 bits per heavy atom. The van der Waals surface area contributed by atoms with E-state index in [1.54, 1.807) is 18.2 Å². The highest BCUT2D eigenvalue weighted by Crippen LogP contribution is 2.42. The molecule has 1 aromatic carbocycles. The average Bonchev–Trinajstić information content (AvgIpc) is 3.22. The fourth-order valence-electron chi connectivity index (χ4n) is 2.50. The number of aromatic amines is 2. The summed E-state index contributed by atoms with van der Waals surface area (Å²) >= 11 is 0. The first-order valence-electron chi connectivity index (χ1n) is 6.50. The van der Waals surface area contributed by atoms with Gasteiger partial charge in [0.15, 0.2) is 0 Å². The molecule has 0 bridgehead atoms. The van der Waals surface area contributed by atoms with Gasteiger partial charge in [0.05, 0.1) is 17.1 Å². The highest BCUT2D eigenvalue weighted by molar-refractivity contribution is 5.74. The van der Waals surface area contributed by atoms with Crippen molar-refractivity contribution in [3.8, 4) is 0 Å². The standard InChI is InChI=1S/C14H16N2O3/c1-7(8-2-3-8)12(17)9-4-5-10-11(6-9)16-14(19)13(18)15-10/h4-8,12,17H,2-3H2,1H3,(H,15,18)(H,16,19). The van der Waals surface area contributed by atoms with E-state index in [9.17, 15) is 14.7 Å². The predicted octanol–water partition coefficient (Wildman–Crippen LogP) is 1.30. The van der Waals surface area contributed by atoms with Crippen molar-refractivity contribution < 1.29 is 5.11 Å². The summed E-state index contributed by atoms with van der Waals surface area (Å²) in [5.41, 5.74) is 0.555. The molecule has 2 atom stereocenters. The van der Waals surface area contributed by atoms with Crippen molar-refractivity contribution in [2.24, 2.45) is 11.8 Å². The first kappa shape index (κ1) is 12.2. The predicted molar refractivity (Wildman–Crippen MR) is 72.0 cm³/mol. The summed E-state index contributed by atoms with van der Waals surface area (Å²) in [5.74, 6) is 0.812. The normalized spacial score (nSPS) is 18.4. The van der Waals surface area contributed by atoms with E-state index in [0.29, 0.717) is 17.0 Å². The number of aromatic nitrogens is 2. The number of hydrogen-bond acceptors (Lipinski definition) is 3. The lowest BCUT2D eigenvalue weighted by Crippen LogP contribution is -2.29. The Hall–Kier alpha value is -1.88. The summed E-state index contributed by atoms with van der Waals surface area (Å²) in [6.45, 7) is 2.04. The summed E-state index contributed by atoms with van der Waals surface area (Å²) in [6.07, 6.45) is 1.82. The summed E-state index contributed by atoms with van der Waals surface area (Å²) < 4.78 is 0. The van der Waals surface area contributed by atoms with E-state index in [2.05, 4.69) is 9.97 Å². The maximum absolute atomic E-state index is 11.3. The first-order chi connectivity index (χ1) is 9.06. The molecule has 1 fully saturated rings. The Morgan fingerprint density at radius 1 is 1.16 bits per heavy atom. The van der Waals surface area contributed by atoms with Crippen LogP contribution in [-0.4, -0.2) is 15.1 Å². The number of rotatable bonds is 3. The van der Waals surface area contributed by atoms with Gasteiger partial charge in [-0.2, -0.15) is 0 Å². The minimum Gasteiger partial charge on any atom is -0.388 e. The van der Waals surface area contributed by atoms with Crippen LogP contribution in [0.25, 0.3) is 11.0 Å². The maximum atomic E-state index is 11.3. The number of nitrogens with one attached hydrogen (secondary N) is 2. The highest BCUT2D eigenvalue weighted by atomic mass is 16.3. The van der Waals surface area contributed by atoms with Crippen LogP contribution in [0.1, 0.15) is 31.4 Å². The zero-order chi connectivity index (χ0) is 13.6. The second kappa shape index (κ2) is 4.35. The van der Waals surface area contributed by atoms with Crippen LogP contribution in [0.5, 0.6) is 0 Å². The molecule has 0 radical (unpaired) electrons. The smallest absolute Gasteiger partial charge is 0.314 e. The molecule has 5 heteroatoms. The van der Waals surface area contributed by atoms with Gasteiger partial charge in [-0.25, -0.2) is 0 Å². The van der Waals surface area contributed by atoms with Crippen LogP contribution >= 0.6 is 0 Å². The Morgan fingerprint density at radius 2 is 1.79 bits per heavy atom. The third kappa shape index (κ3) is 2.21. The molecule has 0 saturated heterocycles. The van der Waals surface area contributed by atoms with Crippen LogP contribution in [0, 0.1) is 11.8 Å². The second-order valence-corrected chi connectivity index (χ2v) is 5.35. The molecule has 0 aliphatic heterocycles. The van der Waals surface area contributed by atoms with Crippen molar-refractivity contribution in [1.82, 2.24) is 9.97 Å². The van der Waals surface area contributed by atoms with E-state index >= 15 is 0 Å². The lowest BCUT2D eigenvalue weighted by Gasteiger charge is -2.18. The van der Waals surface area contributed by atoms with Crippen LogP contribution < -0.4 is 11.1 Å². The third-order valence-corrected chi connectivity index (χ3v) is 3.95. The molecule has 5 nitrogen and oxygen atoms in total. The highest BCUT2D eigenvalue weighted by Gasteiger charge is 2.33. The number of aliphatic hydroxyl groups excluding tert-OH is 1. The molecule has 3 rings (SSSR count). The summed E-state index contributed by atoms with van der Waals surface area (Å²) in [7, 11) is 0. The molecular formula is C14H16N2O3. The lowest BCUT2D eigenvalue weighted by atomic mass is 9.93. The molecule has 1 aromatic heterocycles. The van der Waals surface area contributed by atoms with Gasteiger partial charge in [-0.05, 0) is 42.4 Å². The Bertz CT molecular complexity index is 727. The van der Waals surface area contributed by atoms with Crippen molar-refractivity contribution in [2.45, 2.75) is 25.9 Å². The second-order valence-electron chi connectivity index (χ2n) is 5.35. The molecule has 1 aliphatic carbocycles. The molecule has 1 heterocycles. The van der Waals surface area contributed by atoms with E-state index in [4.69, 9.17) is 0 Å². The van der Waals surface area contributed by atoms with Crippen molar-refractivity contribution >= 4 is 11.0 Å². The zero-order valence-corrected chi connectivity index (χ0v) is 10.6. The van der Waals surface area contributed by atoms with Crippen molar-refractivity contribution in [2.75, 3.05) is 0 Å². The van der Waals surface area contributed by atoms with Gasteiger partial charge in [0, 0.05) is 0 Å². The lowest BCUT2D eigenvalue weighted by molar-refractivity contribution is 0.106. The quantitative estimate of drug-likeness (QED) is 0.727. The van der Waals surface area contributed by atoms with E-state index in [0.717, 1.165) is 5.56 Å². The largest absolute Gasteiger partial charge is 0.388 e. The van der Waals surface area contributed by atoms with Crippen molar-refractivity contribution in [3.05, 3.63) is 44.5 Å². The molecule has 2 aromatic rings. The van der Waals surface area contributed by atoms with Gasteiger partial charge in [0.1, 0.15) is 0 Å². The molecule has 3 N–H and O–H groups in total. The fourth-order valence-corrected chi connectivity index (χ4v) is 2.50. The monoisotopic (exact) mass is 260 g/mol. The number of fused-ring (bicyclic) bond motifs is 1. The summed E-state index contributed by atoms with van der Waals surface area (Å²) in [4.78, 5) is 27.5. The van der Waals surface area contributed by atoms with Gasteiger partial charge in [-0.1, -0.05) is 13.0 Å². The number of H-pyrrole nitrogens is 2. The molecule has 2 unspecified atom stereocenters. The first-order valence-corrected chi connectivity index (χ1v) is 6.50. The van der Waals surface area contributed by atoms with E-state index in [1.165, 1.54) is 12.8 Å². The molecular weight excluding hydrogens is 244 g/mol. The molecule has 1 aliphatic rings. The summed E-state index contributed by atoms with van der Waals surface area (Å²) in [5, 5.41) is 10.3. The molecule has 19 heavy (non-hydrogen) atoms. The maximum Gasteiger partial charge on any atom is 0.314 e. The van der Waals surface area contributed by atoms with Gasteiger partial charge in [0.25, 0.3) is 0 Å². The van der Waals surface area contributed by atoms with Crippen LogP contribution in [0.4, 0.5) is 0 Å². The van der Waals surface area contributed by atoms with E-state index in [1.807, 2.05) is 6.92 Å². The third-order valence-electron chi connectivity index (χ3n) is 3.95. The molecule has 1 saturated carbocycles. The SMILES string of the molecule is CC(C1CC1)C(O)c1ccc2[nH]c(=O)c(=O)[nH]c2c1. The average molecular weight is 260 g/mol. The minimum absolute atomic E-state index is 0.215. The van der Waals surface area contributed by atoms with Crippen LogP contribution in [0.2, 0.25) is 0 Å². The van der Waals surface area contributed by atoms with Crippen molar-refractivity contribution in [1.29, 1.82) is 0 Å². The Balaban J connectivity index is 2.03. The number of benzene rings is 1. The van der Waals surface area contributed by atoms with Gasteiger partial charge in [-0.3, -0.25) is 9.59 Å². The zero-order valence-electron chi connectivity index (χ0n) is 10.6. The Kier molecular flexibility index (Phi) is 2.78. The van der Waals surface area contributed by atoms with Crippen LogP contribution in [0.3, 0.4) is 0 Å². The molecule has 0 spiro atoms. The topological polar surface area (TPSA) is 85.9 Å². The van der Waals surface area contributed by atoms with Gasteiger partial charge >= 0.3 is 11.1 Å². The summed E-state index contributed by atoms with van der Waals surface area (Å²) in [6, 6.07) is 5.24.